The van der Waals surface area contributed by atoms with Gasteiger partial charge in [-0.05, 0) is 63.4 Å². The molecule has 5 nitrogen and oxygen atoms in total. The molecule has 1 amide bonds. The molecule has 2 atom stereocenters. The Kier molecular flexibility index (Phi) is 4.36. The van der Waals surface area contributed by atoms with Crippen LogP contribution in [-0.2, 0) is 9.84 Å². The summed E-state index contributed by atoms with van der Waals surface area (Å²) in [5, 5.41) is -0.232. The standard InChI is InChI=1S/C19H26N2O3S/c1-14-12-20-11-3-4-16(20)13-21(14)19(22)15-7-9-18(10-8-15)25(23,24)17-5-2-6-17/h7-10,14,16-17H,2-6,11-13H2,1H3. The van der Waals surface area contributed by atoms with Crippen LogP contribution in [0.15, 0.2) is 29.2 Å². The highest BCUT2D eigenvalue weighted by Gasteiger charge is 2.37. The van der Waals surface area contributed by atoms with Gasteiger partial charge in [-0.25, -0.2) is 8.42 Å². The van der Waals surface area contributed by atoms with Gasteiger partial charge < -0.3 is 4.90 Å². The molecule has 3 fully saturated rings. The summed E-state index contributed by atoms with van der Waals surface area (Å²) < 4.78 is 24.9. The first kappa shape index (κ1) is 17.0. The first-order chi connectivity index (χ1) is 12.0. The van der Waals surface area contributed by atoms with Gasteiger partial charge in [-0.1, -0.05) is 6.42 Å². The summed E-state index contributed by atoms with van der Waals surface area (Å²) in [7, 11) is -3.22. The highest BCUT2D eigenvalue weighted by atomic mass is 32.2. The monoisotopic (exact) mass is 362 g/mol. The van der Waals surface area contributed by atoms with Gasteiger partial charge in [-0.3, -0.25) is 9.69 Å². The summed E-state index contributed by atoms with van der Waals surface area (Å²) in [5.41, 5.74) is 0.589. The molecule has 4 rings (SSSR count). The summed E-state index contributed by atoms with van der Waals surface area (Å²) in [6, 6.07) is 7.26. The molecule has 0 aromatic heterocycles. The average molecular weight is 362 g/mol. The van der Waals surface area contributed by atoms with Crippen LogP contribution in [0.5, 0.6) is 0 Å². The van der Waals surface area contributed by atoms with Crippen LogP contribution >= 0.6 is 0 Å². The average Bonchev–Trinajstić information content (AvgIpc) is 2.98. The van der Waals surface area contributed by atoms with Crippen LogP contribution in [0, 0.1) is 0 Å². The SMILES string of the molecule is CC1CN2CCCC2CN1C(=O)c1ccc(S(=O)(=O)C2CCC2)cc1. The number of hydrogen-bond donors (Lipinski definition) is 0. The molecule has 2 unspecified atom stereocenters. The Balaban J connectivity index is 1.50. The lowest BCUT2D eigenvalue weighted by atomic mass is 10.00. The van der Waals surface area contributed by atoms with Gasteiger partial charge >= 0.3 is 0 Å². The second-order valence-corrected chi connectivity index (χ2v) is 9.95. The van der Waals surface area contributed by atoms with Gasteiger partial charge in [0.15, 0.2) is 9.84 Å². The second kappa shape index (κ2) is 6.40. The lowest BCUT2D eigenvalue weighted by Gasteiger charge is -2.42. The highest BCUT2D eigenvalue weighted by Crippen LogP contribution is 2.31. The molecule has 2 saturated heterocycles. The Morgan fingerprint density at radius 2 is 1.76 bits per heavy atom. The molecule has 0 radical (unpaired) electrons. The molecule has 1 aliphatic carbocycles. The minimum atomic E-state index is -3.22. The molecule has 6 heteroatoms. The van der Waals surface area contributed by atoms with Crippen LogP contribution in [0.2, 0.25) is 0 Å². The Morgan fingerprint density at radius 1 is 1.04 bits per heavy atom. The third-order valence-electron chi connectivity index (χ3n) is 6.12. The summed E-state index contributed by atoms with van der Waals surface area (Å²) in [6.07, 6.45) is 4.88. The van der Waals surface area contributed by atoms with Crippen LogP contribution in [0.3, 0.4) is 0 Å². The molecule has 1 aromatic carbocycles. The lowest BCUT2D eigenvalue weighted by Crippen LogP contribution is -2.56. The van der Waals surface area contributed by atoms with Gasteiger partial charge in [-0.2, -0.15) is 0 Å². The quantitative estimate of drug-likeness (QED) is 0.828. The molecule has 0 N–H and O–H groups in total. The number of hydrogen-bond acceptors (Lipinski definition) is 4. The molecule has 136 valence electrons. The van der Waals surface area contributed by atoms with Gasteiger partial charge in [0, 0.05) is 30.7 Å². The molecular formula is C19H26N2O3S. The minimum absolute atomic E-state index is 0.0200. The first-order valence-corrected chi connectivity index (χ1v) is 10.9. The predicted octanol–water partition coefficient (Wildman–Crippen LogP) is 2.32. The van der Waals surface area contributed by atoms with E-state index in [1.807, 2.05) is 4.90 Å². The number of carbonyl (C=O) groups is 1. The third-order valence-corrected chi connectivity index (χ3v) is 8.40. The van der Waals surface area contributed by atoms with E-state index in [9.17, 15) is 13.2 Å². The number of amides is 1. The number of fused-ring (bicyclic) bond motifs is 1. The molecule has 3 aliphatic rings. The molecule has 0 bridgehead atoms. The van der Waals surface area contributed by atoms with Crippen molar-refractivity contribution in [3.05, 3.63) is 29.8 Å². The Morgan fingerprint density at radius 3 is 2.40 bits per heavy atom. The largest absolute Gasteiger partial charge is 0.333 e. The smallest absolute Gasteiger partial charge is 0.254 e. The summed E-state index contributed by atoms with van der Waals surface area (Å²) >= 11 is 0. The van der Waals surface area contributed by atoms with Crippen molar-refractivity contribution in [2.24, 2.45) is 0 Å². The first-order valence-electron chi connectivity index (χ1n) is 9.36. The van der Waals surface area contributed by atoms with E-state index in [1.165, 1.54) is 6.42 Å². The number of carbonyl (C=O) groups excluding carboxylic acids is 1. The van der Waals surface area contributed by atoms with Crippen LogP contribution in [-0.4, -0.2) is 61.1 Å². The molecule has 1 saturated carbocycles. The topological polar surface area (TPSA) is 57.7 Å². The fourth-order valence-electron chi connectivity index (χ4n) is 4.30. The second-order valence-electron chi connectivity index (χ2n) is 7.72. The predicted molar refractivity (Wildman–Crippen MR) is 96.4 cm³/mol. The van der Waals surface area contributed by atoms with Crippen molar-refractivity contribution < 1.29 is 13.2 Å². The molecule has 25 heavy (non-hydrogen) atoms. The number of piperazine rings is 1. The maximum Gasteiger partial charge on any atom is 0.254 e. The van der Waals surface area contributed by atoms with Crippen LogP contribution < -0.4 is 0 Å². The van der Waals surface area contributed by atoms with Crippen LogP contribution in [0.1, 0.15) is 49.4 Å². The molecule has 2 heterocycles. The van der Waals surface area contributed by atoms with Crippen LogP contribution in [0.4, 0.5) is 0 Å². The number of benzene rings is 1. The zero-order valence-corrected chi connectivity index (χ0v) is 15.5. The number of rotatable bonds is 3. The zero-order valence-electron chi connectivity index (χ0n) is 14.7. The van der Waals surface area contributed by atoms with Gasteiger partial charge in [0.1, 0.15) is 0 Å². The summed E-state index contributed by atoms with van der Waals surface area (Å²) in [4.78, 5) is 17.7. The van der Waals surface area contributed by atoms with E-state index in [4.69, 9.17) is 0 Å². The van der Waals surface area contributed by atoms with E-state index in [2.05, 4.69) is 11.8 Å². The van der Waals surface area contributed by atoms with Crippen molar-refractivity contribution in [1.82, 2.24) is 9.80 Å². The number of nitrogens with zero attached hydrogens (tertiary/aromatic N) is 2. The van der Waals surface area contributed by atoms with Gasteiger partial charge in [-0.15, -0.1) is 0 Å². The van der Waals surface area contributed by atoms with E-state index >= 15 is 0 Å². The van der Waals surface area contributed by atoms with Crippen molar-refractivity contribution in [3.63, 3.8) is 0 Å². The van der Waals surface area contributed by atoms with E-state index < -0.39 is 9.84 Å². The van der Waals surface area contributed by atoms with Crippen molar-refractivity contribution in [2.75, 3.05) is 19.6 Å². The Hall–Kier alpha value is -1.40. The summed E-state index contributed by atoms with van der Waals surface area (Å²) in [6.45, 7) is 4.96. The van der Waals surface area contributed by atoms with Crippen molar-refractivity contribution in [1.29, 1.82) is 0 Å². The van der Waals surface area contributed by atoms with Gasteiger partial charge in [0.25, 0.3) is 5.91 Å². The van der Waals surface area contributed by atoms with Crippen LogP contribution in [0.25, 0.3) is 0 Å². The molecule has 0 spiro atoms. The fraction of sp³-hybridized carbons (Fsp3) is 0.632. The van der Waals surface area contributed by atoms with Gasteiger partial charge in [0.2, 0.25) is 0 Å². The van der Waals surface area contributed by atoms with E-state index in [0.29, 0.717) is 16.5 Å². The molecular weight excluding hydrogens is 336 g/mol. The molecule has 1 aromatic rings. The van der Waals surface area contributed by atoms with E-state index in [-0.39, 0.29) is 17.2 Å². The summed E-state index contributed by atoms with van der Waals surface area (Å²) in [5.74, 6) is 0.0200. The van der Waals surface area contributed by atoms with Crippen molar-refractivity contribution in [3.8, 4) is 0 Å². The fourth-order valence-corrected chi connectivity index (χ4v) is 6.15. The lowest BCUT2D eigenvalue weighted by molar-refractivity contribution is 0.0395. The zero-order chi connectivity index (χ0) is 17.6. The highest BCUT2D eigenvalue weighted by molar-refractivity contribution is 7.92. The minimum Gasteiger partial charge on any atom is -0.333 e. The van der Waals surface area contributed by atoms with Crippen molar-refractivity contribution in [2.45, 2.75) is 61.3 Å². The normalized spacial score (nSPS) is 27.8. The van der Waals surface area contributed by atoms with Crippen molar-refractivity contribution >= 4 is 15.7 Å². The van der Waals surface area contributed by atoms with Gasteiger partial charge in [0.05, 0.1) is 10.1 Å². The third kappa shape index (κ3) is 2.99. The Labute approximate surface area is 149 Å². The number of sulfone groups is 1. The maximum absolute atomic E-state index is 12.9. The Bertz CT molecular complexity index is 755. The van der Waals surface area contributed by atoms with E-state index in [1.54, 1.807) is 24.3 Å². The maximum atomic E-state index is 12.9. The van der Waals surface area contributed by atoms with E-state index in [0.717, 1.165) is 45.3 Å². The molecule has 2 aliphatic heterocycles.